The van der Waals surface area contributed by atoms with Crippen LogP contribution in [0.5, 0.6) is 11.5 Å². The summed E-state index contributed by atoms with van der Waals surface area (Å²) in [6.07, 6.45) is 1.61. The van der Waals surface area contributed by atoms with Crippen molar-refractivity contribution in [2.45, 2.75) is 32.9 Å². The number of fused-ring (bicyclic) bond motifs is 1. The first-order chi connectivity index (χ1) is 18.5. The van der Waals surface area contributed by atoms with Gasteiger partial charge < -0.3 is 14.0 Å². The fourth-order valence-electron chi connectivity index (χ4n) is 4.44. The van der Waals surface area contributed by atoms with Crippen LogP contribution >= 0.6 is 0 Å². The van der Waals surface area contributed by atoms with Crippen molar-refractivity contribution in [3.05, 3.63) is 117 Å². The molecule has 0 amide bonds. The third kappa shape index (κ3) is 4.98. The molecule has 0 saturated carbocycles. The first kappa shape index (κ1) is 25.1. The van der Waals surface area contributed by atoms with Gasteiger partial charge in [-0.2, -0.15) is 0 Å². The highest BCUT2D eigenvalue weighted by molar-refractivity contribution is 5.72. The minimum absolute atomic E-state index is 0.0975. The summed E-state index contributed by atoms with van der Waals surface area (Å²) < 4.78 is 15.6. The number of rotatable bonds is 9. The van der Waals surface area contributed by atoms with E-state index >= 15 is 0 Å². The van der Waals surface area contributed by atoms with E-state index in [2.05, 4.69) is 18.8 Å². The van der Waals surface area contributed by atoms with Gasteiger partial charge in [0.1, 0.15) is 18.1 Å². The van der Waals surface area contributed by atoms with Crippen LogP contribution < -0.4 is 20.7 Å². The SMILES string of the molecule is COc1ccc(Cn2cnc3c2c(=O)n(CCOc2ccccc2)c(=O)n3-c2ccc(C(C)C)cc2)cc1. The summed E-state index contributed by atoms with van der Waals surface area (Å²) in [5.41, 5.74) is 2.61. The minimum atomic E-state index is -0.453. The number of hydrogen-bond donors (Lipinski definition) is 0. The van der Waals surface area contributed by atoms with Crippen molar-refractivity contribution in [1.82, 2.24) is 18.7 Å². The molecular formula is C30H30N4O4. The summed E-state index contributed by atoms with van der Waals surface area (Å²) in [7, 11) is 1.62. The van der Waals surface area contributed by atoms with Gasteiger partial charge in [0.2, 0.25) is 0 Å². The number of hydrogen-bond acceptors (Lipinski definition) is 5. The number of para-hydroxylation sites is 1. The number of ether oxygens (including phenoxy) is 2. The Morgan fingerprint density at radius 2 is 1.58 bits per heavy atom. The van der Waals surface area contributed by atoms with E-state index < -0.39 is 11.2 Å². The van der Waals surface area contributed by atoms with Crippen molar-refractivity contribution in [1.29, 1.82) is 0 Å². The molecule has 0 aliphatic carbocycles. The highest BCUT2D eigenvalue weighted by Crippen LogP contribution is 2.19. The van der Waals surface area contributed by atoms with Crippen molar-refractivity contribution < 1.29 is 9.47 Å². The molecule has 3 aromatic carbocycles. The van der Waals surface area contributed by atoms with Crippen LogP contribution in [0.15, 0.2) is 94.8 Å². The molecule has 0 spiro atoms. The zero-order valence-corrected chi connectivity index (χ0v) is 21.7. The second-order valence-corrected chi connectivity index (χ2v) is 9.38. The predicted molar refractivity (Wildman–Crippen MR) is 148 cm³/mol. The first-order valence-corrected chi connectivity index (χ1v) is 12.6. The lowest BCUT2D eigenvalue weighted by Gasteiger charge is -2.14. The van der Waals surface area contributed by atoms with E-state index in [9.17, 15) is 9.59 Å². The molecule has 194 valence electrons. The lowest BCUT2D eigenvalue weighted by atomic mass is 10.0. The molecule has 0 radical (unpaired) electrons. The van der Waals surface area contributed by atoms with Crippen LogP contribution in [0.2, 0.25) is 0 Å². The van der Waals surface area contributed by atoms with Gasteiger partial charge in [0.15, 0.2) is 11.2 Å². The molecule has 0 saturated heterocycles. The van der Waals surface area contributed by atoms with Crippen molar-refractivity contribution in [2.24, 2.45) is 0 Å². The summed E-state index contributed by atoms with van der Waals surface area (Å²) in [6.45, 7) is 4.92. The van der Waals surface area contributed by atoms with Gasteiger partial charge in [-0.3, -0.25) is 9.36 Å². The van der Waals surface area contributed by atoms with Crippen molar-refractivity contribution in [3.8, 4) is 17.2 Å². The standard InChI is InChI=1S/C30H30N4O4/c1-21(2)23-11-13-24(14-12-23)34-28-27(32(20-31-28)19-22-9-15-25(37-3)16-10-22)29(35)33(30(34)36)17-18-38-26-7-5-4-6-8-26/h4-16,20-21H,17-19H2,1-3H3. The smallest absolute Gasteiger partial charge is 0.337 e. The number of aromatic nitrogens is 4. The predicted octanol–water partition coefficient (Wildman–Crippen LogP) is 4.61. The van der Waals surface area contributed by atoms with Crippen molar-refractivity contribution >= 4 is 11.2 Å². The van der Waals surface area contributed by atoms with Crippen LogP contribution in [0.1, 0.15) is 30.9 Å². The Hall–Kier alpha value is -4.59. The Balaban J connectivity index is 1.60. The molecule has 8 heteroatoms. The molecule has 0 atom stereocenters. The largest absolute Gasteiger partial charge is 0.497 e. The van der Waals surface area contributed by atoms with Crippen LogP contribution in [0.4, 0.5) is 0 Å². The zero-order chi connectivity index (χ0) is 26.6. The second-order valence-electron chi connectivity index (χ2n) is 9.38. The van der Waals surface area contributed by atoms with Crippen molar-refractivity contribution in [2.75, 3.05) is 13.7 Å². The second kappa shape index (κ2) is 10.8. The Bertz CT molecular complexity index is 1650. The molecule has 8 nitrogen and oxygen atoms in total. The van der Waals surface area contributed by atoms with Gasteiger partial charge >= 0.3 is 5.69 Å². The molecule has 0 aliphatic heterocycles. The first-order valence-electron chi connectivity index (χ1n) is 12.6. The number of methoxy groups -OCH3 is 1. The summed E-state index contributed by atoms with van der Waals surface area (Å²) in [6, 6.07) is 24.8. The maximum atomic E-state index is 13.7. The highest BCUT2D eigenvalue weighted by Gasteiger charge is 2.20. The van der Waals surface area contributed by atoms with Crippen molar-refractivity contribution in [3.63, 3.8) is 0 Å². The minimum Gasteiger partial charge on any atom is -0.497 e. The van der Waals surface area contributed by atoms with Gasteiger partial charge in [-0.1, -0.05) is 56.3 Å². The van der Waals surface area contributed by atoms with Gasteiger partial charge in [-0.25, -0.2) is 14.3 Å². The average Bonchev–Trinajstić information content (AvgIpc) is 3.35. The van der Waals surface area contributed by atoms with Crippen LogP contribution in [-0.2, 0) is 13.1 Å². The fraction of sp³-hybridized carbons (Fsp3) is 0.233. The summed E-state index contributed by atoms with van der Waals surface area (Å²) >= 11 is 0. The third-order valence-electron chi connectivity index (χ3n) is 6.56. The number of imidazole rings is 1. The topological polar surface area (TPSA) is 80.3 Å². The quantitative estimate of drug-likeness (QED) is 0.289. The summed E-state index contributed by atoms with van der Waals surface area (Å²) in [5.74, 6) is 1.79. The van der Waals surface area contributed by atoms with Crippen LogP contribution in [0.3, 0.4) is 0 Å². The Kier molecular flexibility index (Phi) is 7.13. The van der Waals surface area contributed by atoms with Gasteiger partial charge in [0.25, 0.3) is 5.56 Å². The fourth-order valence-corrected chi connectivity index (χ4v) is 4.44. The average molecular weight is 511 g/mol. The van der Waals surface area contributed by atoms with E-state index in [-0.39, 0.29) is 13.2 Å². The molecule has 2 aromatic heterocycles. The number of nitrogens with zero attached hydrogens (tertiary/aromatic N) is 4. The normalized spacial score (nSPS) is 11.3. The molecule has 0 N–H and O–H groups in total. The Morgan fingerprint density at radius 3 is 2.24 bits per heavy atom. The van der Waals surface area contributed by atoms with E-state index in [1.54, 1.807) is 18.0 Å². The van der Waals surface area contributed by atoms with Gasteiger partial charge in [-0.15, -0.1) is 0 Å². The van der Waals surface area contributed by atoms with Crippen LogP contribution in [-0.4, -0.2) is 32.4 Å². The van der Waals surface area contributed by atoms with E-state index in [1.165, 1.54) is 9.13 Å². The molecule has 5 rings (SSSR count). The molecule has 38 heavy (non-hydrogen) atoms. The Labute approximate surface area is 220 Å². The maximum Gasteiger partial charge on any atom is 0.337 e. The molecular weight excluding hydrogens is 480 g/mol. The monoisotopic (exact) mass is 510 g/mol. The molecule has 5 aromatic rings. The molecule has 0 aliphatic rings. The van der Waals surface area contributed by atoms with Crippen LogP contribution in [0.25, 0.3) is 16.9 Å². The zero-order valence-electron chi connectivity index (χ0n) is 21.7. The van der Waals surface area contributed by atoms with E-state index in [0.717, 1.165) is 16.9 Å². The molecule has 0 unspecified atom stereocenters. The van der Waals surface area contributed by atoms with E-state index in [0.29, 0.717) is 35.1 Å². The molecule has 0 fully saturated rings. The summed E-state index contributed by atoms with van der Waals surface area (Å²) in [4.78, 5) is 31.9. The van der Waals surface area contributed by atoms with Gasteiger partial charge in [0, 0.05) is 6.54 Å². The van der Waals surface area contributed by atoms with Gasteiger partial charge in [-0.05, 0) is 53.4 Å². The maximum absolute atomic E-state index is 13.7. The lowest BCUT2D eigenvalue weighted by molar-refractivity contribution is 0.293. The van der Waals surface area contributed by atoms with E-state index in [4.69, 9.17) is 9.47 Å². The van der Waals surface area contributed by atoms with Gasteiger partial charge in [0.05, 0.1) is 25.7 Å². The van der Waals surface area contributed by atoms with Crippen LogP contribution in [0, 0.1) is 0 Å². The summed E-state index contributed by atoms with van der Waals surface area (Å²) in [5, 5.41) is 0. The van der Waals surface area contributed by atoms with E-state index in [1.807, 2.05) is 78.9 Å². The highest BCUT2D eigenvalue weighted by atomic mass is 16.5. The third-order valence-corrected chi connectivity index (χ3v) is 6.56. The lowest BCUT2D eigenvalue weighted by Crippen LogP contribution is -2.41. The number of benzene rings is 3. The Morgan fingerprint density at radius 1 is 0.868 bits per heavy atom. The molecule has 2 heterocycles. The molecule has 0 bridgehead atoms.